The summed E-state index contributed by atoms with van der Waals surface area (Å²) in [4.78, 5) is 11.1. The topological polar surface area (TPSA) is 82.7 Å². The Morgan fingerprint density at radius 1 is 1.43 bits per heavy atom. The van der Waals surface area contributed by atoms with E-state index >= 15 is 0 Å². The zero-order valence-corrected chi connectivity index (χ0v) is 12.1. The van der Waals surface area contributed by atoms with Crippen molar-refractivity contribution in [1.82, 2.24) is 25.1 Å². The first-order valence-electron chi connectivity index (χ1n) is 6.92. The molecule has 108 valence electrons. The molecule has 0 radical (unpaired) electrons. The van der Waals surface area contributed by atoms with Gasteiger partial charge in [-0.15, -0.1) is 0 Å². The van der Waals surface area contributed by atoms with Gasteiger partial charge in [0, 0.05) is 44.5 Å². The van der Waals surface area contributed by atoms with Gasteiger partial charge < -0.3 is 10.2 Å². The average Bonchev–Trinajstić information content (AvgIpc) is 2.93. The number of aryl methyl sites for hydroxylation is 1. The molecule has 1 atom stereocenters. The molecule has 0 saturated carbocycles. The second-order valence-corrected chi connectivity index (χ2v) is 5.25. The van der Waals surface area contributed by atoms with E-state index in [4.69, 9.17) is 0 Å². The number of nitriles is 1. The minimum atomic E-state index is 0.403. The van der Waals surface area contributed by atoms with E-state index in [0.717, 1.165) is 25.2 Å². The Bertz CT molecular complexity index is 685. The van der Waals surface area contributed by atoms with Crippen molar-refractivity contribution in [2.75, 3.05) is 24.5 Å². The van der Waals surface area contributed by atoms with Gasteiger partial charge in [-0.05, 0) is 6.92 Å². The van der Waals surface area contributed by atoms with Crippen LogP contribution in [0.1, 0.15) is 12.5 Å². The predicted octanol–water partition coefficient (Wildman–Crippen LogP) is 0.547. The number of anilines is 1. The lowest BCUT2D eigenvalue weighted by molar-refractivity contribution is 0.479. The van der Waals surface area contributed by atoms with Gasteiger partial charge in [0.1, 0.15) is 6.07 Å². The van der Waals surface area contributed by atoms with Gasteiger partial charge in [0.15, 0.2) is 0 Å². The highest BCUT2D eigenvalue weighted by atomic mass is 15.3. The zero-order valence-electron chi connectivity index (χ0n) is 12.1. The Morgan fingerprint density at radius 3 is 2.95 bits per heavy atom. The van der Waals surface area contributed by atoms with Crippen molar-refractivity contribution in [3.05, 3.63) is 24.2 Å². The van der Waals surface area contributed by atoms with Gasteiger partial charge in [-0.3, -0.25) is 4.68 Å². The predicted molar refractivity (Wildman–Crippen MR) is 78.6 cm³/mol. The van der Waals surface area contributed by atoms with Gasteiger partial charge in [-0.1, -0.05) is 0 Å². The summed E-state index contributed by atoms with van der Waals surface area (Å²) in [7, 11) is 1.84. The molecule has 0 spiro atoms. The van der Waals surface area contributed by atoms with Crippen LogP contribution in [0.2, 0.25) is 0 Å². The summed E-state index contributed by atoms with van der Waals surface area (Å²) in [5.74, 6) is 0.668. The lowest BCUT2D eigenvalue weighted by Crippen LogP contribution is -2.49. The summed E-state index contributed by atoms with van der Waals surface area (Å²) < 4.78 is 1.70. The molecule has 7 heteroatoms. The Balaban J connectivity index is 1.99. The number of rotatable bonds is 2. The Labute approximate surface area is 123 Å². The molecule has 21 heavy (non-hydrogen) atoms. The Morgan fingerprint density at radius 2 is 2.29 bits per heavy atom. The minimum absolute atomic E-state index is 0.403. The van der Waals surface area contributed by atoms with Crippen molar-refractivity contribution < 1.29 is 0 Å². The SMILES string of the molecule is CC1CN(c2ncc(C#N)c(-c3cnn(C)c3)n2)CCN1. The Hall–Kier alpha value is -2.46. The summed E-state index contributed by atoms with van der Waals surface area (Å²) in [5.41, 5.74) is 1.94. The third-order valence-electron chi connectivity index (χ3n) is 3.53. The molecular weight excluding hydrogens is 266 g/mol. The second-order valence-electron chi connectivity index (χ2n) is 5.25. The fraction of sp³-hybridized carbons (Fsp3) is 0.429. The summed E-state index contributed by atoms with van der Waals surface area (Å²) in [6, 6.07) is 2.55. The first-order chi connectivity index (χ1) is 10.2. The molecule has 1 aliphatic heterocycles. The maximum absolute atomic E-state index is 9.25. The van der Waals surface area contributed by atoms with E-state index in [1.54, 1.807) is 17.1 Å². The fourth-order valence-electron chi connectivity index (χ4n) is 2.48. The number of aromatic nitrogens is 4. The van der Waals surface area contributed by atoms with Gasteiger partial charge in [0.05, 0.1) is 23.7 Å². The highest BCUT2D eigenvalue weighted by molar-refractivity contribution is 5.66. The maximum Gasteiger partial charge on any atom is 0.226 e. The number of hydrogen-bond donors (Lipinski definition) is 1. The largest absolute Gasteiger partial charge is 0.338 e. The van der Waals surface area contributed by atoms with Crippen LogP contribution in [0.5, 0.6) is 0 Å². The normalized spacial score (nSPS) is 18.5. The van der Waals surface area contributed by atoms with Crippen LogP contribution >= 0.6 is 0 Å². The van der Waals surface area contributed by atoms with Crippen LogP contribution in [0.4, 0.5) is 5.95 Å². The van der Waals surface area contributed by atoms with Gasteiger partial charge in [-0.25, -0.2) is 9.97 Å². The summed E-state index contributed by atoms with van der Waals surface area (Å²) in [5, 5.41) is 16.8. The van der Waals surface area contributed by atoms with Crippen molar-refractivity contribution in [2.24, 2.45) is 7.05 Å². The standard InChI is InChI=1S/C14H17N7/c1-10-8-21(4-3-16-10)14-17-6-11(5-15)13(19-14)12-7-18-20(2)9-12/h6-7,9-10,16H,3-4,8H2,1-2H3. The van der Waals surface area contributed by atoms with Crippen molar-refractivity contribution >= 4 is 5.95 Å². The third kappa shape index (κ3) is 2.71. The van der Waals surface area contributed by atoms with E-state index in [0.29, 0.717) is 23.2 Å². The molecule has 0 bridgehead atoms. The van der Waals surface area contributed by atoms with E-state index in [9.17, 15) is 5.26 Å². The van der Waals surface area contributed by atoms with E-state index in [2.05, 4.69) is 38.3 Å². The van der Waals surface area contributed by atoms with Crippen molar-refractivity contribution in [1.29, 1.82) is 5.26 Å². The van der Waals surface area contributed by atoms with Gasteiger partial charge in [-0.2, -0.15) is 10.4 Å². The second kappa shape index (κ2) is 5.50. The molecule has 0 amide bonds. The fourth-order valence-corrected chi connectivity index (χ4v) is 2.48. The van der Waals surface area contributed by atoms with Crippen LogP contribution in [-0.4, -0.2) is 45.4 Å². The highest BCUT2D eigenvalue weighted by Gasteiger charge is 2.20. The first kappa shape index (κ1) is 13.5. The van der Waals surface area contributed by atoms with Crippen LogP contribution in [-0.2, 0) is 7.05 Å². The lowest BCUT2D eigenvalue weighted by Gasteiger charge is -2.32. The molecule has 3 rings (SSSR count). The average molecular weight is 283 g/mol. The van der Waals surface area contributed by atoms with Crippen molar-refractivity contribution in [2.45, 2.75) is 13.0 Å². The third-order valence-corrected chi connectivity index (χ3v) is 3.53. The molecule has 1 fully saturated rings. The monoisotopic (exact) mass is 283 g/mol. The number of piperazine rings is 1. The van der Waals surface area contributed by atoms with E-state index in [-0.39, 0.29) is 0 Å². The highest BCUT2D eigenvalue weighted by Crippen LogP contribution is 2.22. The van der Waals surface area contributed by atoms with E-state index < -0.39 is 0 Å². The molecule has 1 unspecified atom stereocenters. The van der Waals surface area contributed by atoms with Gasteiger partial charge in [0.25, 0.3) is 0 Å². The van der Waals surface area contributed by atoms with E-state index in [1.165, 1.54) is 0 Å². The molecule has 0 aromatic carbocycles. The molecule has 7 nitrogen and oxygen atoms in total. The number of nitrogens with zero attached hydrogens (tertiary/aromatic N) is 6. The van der Waals surface area contributed by atoms with Crippen LogP contribution in [0, 0.1) is 11.3 Å². The summed E-state index contributed by atoms with van der Waals surface area (Å²) in [6.07, 6.45) is 5.16. The van der Waals surface area contributed by atoms with Crippen molar-refractivity contribution in [3.63, 3.8) is 0 Å². The molecule has 1 saturated heterocycles. The van der Waals surface area contributed by atoms with Crippen LogP contribution in [0.15, 0.2) is 18.6 Å². The zero-order chi connectivity index (χ0) is 14.8. The number of nitrogens with one attached hydrogen (secondary N) is 1. The molecule has 2 aromatic rings. The van der Waals surface area contributed by atoms with Crippen LogP contribution < -0.4 is 10.2 Å². The molecule has 1 N–H and O–H groups in total. The summed E-state index contributed by atoms with van der Waals surface area (Å²) in [6.45, 7) is 4.77. The van der Waals surface area contributed by atoms with Crippen molar-refractivity contribution in [3.8, 4) is 17.3 Å². The smallest absolute Gasteiger partial charge is 0.226 e. The number of hydrogen-bond acceptors (Lipinski definition) is 6. The quantitative estimate of drug-likeness (QED) is 0.866. The summed E-state index contributed by atoms with van der Waals surface area (Å²) >= 11 is 0. The molecule has 1 aliphatic rings. The Kier molecular flexibility index (Phi) is 3.54. The molecule has 3 heterocycles. The molecule has 2 aromatic heterocycles. The molecule has 0 aliphatic carbocycles. The van der Waals surface area contributed by atoms with Crippen LogP contribution in [0.25, 0.3) is 11.3 Å². The van der Waals surface area contributed by atoms with Crippen LogP contribution in [0.3, 0.4) is 0 Å². The lowest BCUT2D eigenvalue weighted by atomic mass is 10.1. The minimum Gasteiger partial charge on any atom is -0.338 e. The van der Waals surface area contributed by atoms with Gasteiger partial charge in [0.2, 0.25) is 5.95 Å². The van der Waals surface area contributed by atoms with E-state index in [1.807, 2.05) is 13.2 Å². The maximum atomic E-state index is 9.25. The molecular formula is C14H17N7. The first-order valence-corrected chi connectivity index (χ1v) is 6.92. The van der Waals surface area contributed by atoms with Gasteiger partial charge >= 0.3 is 0 Å².